The predicted molar refractivity (Wildman–Crippen MR) is 56.0 cm³/mol. The van der Waals surface area contributed by atoms with Crippen molar-refractivity contribution in [2.45, 2.75) is 6.61 Å². The molecule has 0 amide bonds. The third-order valence-corrected chi connectivity index (χ3v) is 2.15. The average Bonchev–Trinajstić information content (AvgIpc) is 2.78. The predicted octanol–water partition coefficient (Wildman–Crippen LogP) is 1.37. The second-order valence-electron chi connectivity index (χ2n) is 3.13. The van der Waals surface area contributed by atoms with E-state index in [1.807, 2.05) is 28.8 Å². The molecule has 0 aliphatic heterocycles. The topological polar surface area (TPSA) is 47.3 Å². The molecule has 0 radical (unpaired) electrons. The van der Waals surface area contributed by atoms with Crippen molar-refractivity contribution in [3.8, 4) is 11.4 Å². The molecule has 0 fully saturated rings. The molecule has 4 heteroatoms. The molecule has 78 valence electrons. The van der Waals surface area contributed by atoms with Gasteiger partial charge in [0, 0.05) is 12.3 Å². The first-order valence-electron chi connectivity index (χ1n) is 4.61. The van der Waals surface area contributed by atoms with Crippen LogP contribution in [0.15, 0.2) is 36.8 Å². The number of imidazole rings is 1. The van der Waals surface area contributed by atoms with E-state index in [9.17, 15) is 0 Å². The van der Waals surface area contributed by atoms with Crippen molar-refractivity contribution >= 4 is 0 Å². The maximum absolute atomic E-state index is 8.90. The number of hydrogen-bond acceptors (Lipinski definition) is 3. The Morgan fingerprint density at radius 1 is 1.47 bits per heavy atom. The Morgan fingerprint density at radius 3 is 3.00 bits per heavy atom. The number of hydrogen-bond donors (Lipinski definition) is 1. The second kappa shape index (κ2) is 4.14. The van der Waals surface area contributed by atoms with Crippen LogP contribution in [0.3, 0.4) is 0 Å². The molecule has 0 spiro atoms. The van der Waals surface area contributed by atoms with E-state index in [4.69, 9.17) is 9.84 Å². The van der Waals surface area contributed by atoms with Gasteiger partial charge in [-0.2, -0.15) is 0 Å². The molecule has 1 heterocycles. The lowest BCUT2D eigenvalue weighted by molar-refractivity contribution is 0.277. The van der Waals surface area contributed by atoms with Crippen molar-refractivity contribution in [1.29, 1.82) is 0 Å². The van der Waals surface area contributed by atoms with Crippen molar-refractivity contribution in [2.75, 3.05) is 7.11 Å². The van der Waals surface area contributed by atoms with E-state index in [0.717, 1.165) is 11.4 Å². The smallest absolute Gasteiger partial charge is 0.120 e. The molecule has 1 aromatic carbocycles. The van der Waals surface area contributed by atoms with Crippen LogP contribution in [-0.2, 0) is 6.61 Å². The molecule has 0 aliphatic rings. The highest BCUT2D eigenvalue weighted by Crippen LogP contribution is 2.16. The number of methoxy groups -OCH3 is 1. The van der Waals surface area contributed by atoms with Crippen molar-refractivity contribution in [3.63, 3.8) is 0 Å². The Kier molecular flexibility index (Phi) is 2.69. The van der Waals surface area contributed by atoms with E-state index in [1.165, 1.54) is 0 Å². The van der Waals surface area contributed by atoms with Gasteiger partial charge in [-0.25, -0.2) is 4.98 Å². The van der Waals surface area contributed by atoms with Gasteiger partial charge in [0.2, 0.25) is 0 Å². The minimum absolute atomic E-state index is 0.0447. The summed E-state index contributed by atoms with van der Waals surface area (Å²) < 4.78 is 6.97. The van der Waals surface area contributed by atoms with Crippen LogP contribution in [0.5, 0.6) is 5.75 Å². The summed E-state index contributed by atoms with van der Waals surface area (Å²) in [6.07, 6.45) is 3.45. The summed E-state index contributed by atoms with van der Waals surface area (Å²) in [7, 11) is 1.63. The Morgan fingerprint density at radius 2 is 2.33 bits per heavy atom. The van der Waals surface area contributed by atoms with E-state index >= 15 is 0 Å². The molecule has 0 atom stereocenters. The van der Waals surface area contributed by atoms with Crippen LogP contribution < -0.4 is 4.74 Å². The average molecular weight is 204 g/mol. The first-order chi connectivity index (χ1) is 7.33. The summed E-state index contributed by atoms with van der Waals surface area (Å²) in [5.74, 6) is 0.798. The molecule has 1 aromatic heterocycles. The minimum atomic E-state index is -0.0447. The molecular weight excluding hydrogens is 192 g/mol. The van der Waals surface area contributed by atoms with Gasteiger partial charge in [-0.1, -0.05) is 6.07 Å². The largest absolute Gasteiger partial charge is 0.497 e. The highest BCUT2D eigenvalue weighted by atomic mass is 16.5. The number of benzene rings is 1. The number of rotatable bonds is 3. The zero-order valence-corrected chi connectivity index (χ0v) is 8.42. The summed E-state index contributed by atoms with van der Waals surface area (Å²) in [5.41, 5.74) is 1.61. The van der Waals surface area contributed by atoms with Crippen LogP contribution in [0.25, 0.3) is 5.69 Å². The molecule has 2 aromatic rings. The molecule has 0 unspecified atom stereocenters. The SMILES string of the molecule is COc1cccc(-n2cnc(CO)c2)c1. The monoisotopic (exact) mass is 204 g/mol. The molecule has 1 N–H and O–H groups in total. The van der Waals surface area contributed by atoms with Gasteiger partial charge >= 0.3 is 0 Å². The van der Waals surface area contributed by atoms with Gasteiger partial charge in [0.05, 0.1) is 31.4 Å². The van der Waals surface area contributed by atoms with Gasteiger partial charge in [-0.05, 0) is 12.1 Å². The maximum atomic E-state index is 8.90. The van der Waals surface area contributed by atoms with E-state index < -0.39 is 0 Å². The van der Waals surface area contributed by atoms with Gasteiger partial charge in [0.15, 0.2) is 0 Å². The highest BCUT2D eigenvalue weighted by Gasteiger charge is 2.00. The Balaban J connectivity index is 2.35. The Bertz CT molecular complexity index is 451. The third-order valence-electron chi connectivity index (χ3n) is 2.15. The van der Waals surface area contributed by atoms with Crippen molar-refractivity contribution in [3.05, 3.63) is 42.5 Å². The molecule has 15 heavy (non-hydrogen) atoms. The maximum Gasteiger partial charge on any atom is 0.120 e. The zero-order valence-electron chi connectivity index (χ0n) is 8.42. The molecule has 2 rings (SSSR count). The van der Waals surface area contributed by atoms with Crippen LogP contribution in [0.1, 0.15) is 5.69 Å². The highest BCUT2D eigenvalue weighted by molar-refractivity contribution is 5.39. The van der Waals surface area contributed by atoms with Crippen LogP contribution in [0, 0.1) is 0 Å². The molecule has 0 bridgehead atoms. The van der Waals surface area contributed by atoms with Crippen molar-refractivity contribution < 1.29 is 9.84 Å². The molecule has 4 nitrogen and oxygen atoms in total. The van der Waals surface area contributed by atoms with E-state index in [-0.39, 0.29) is 6.61 Å². The summed E-state index contributed by atoms with van der Waals surface area (Å²) >= 11 is 0. The van der Waals surface area contributed by atoms with Crippen LogP contribution in [0.4, 0.5) is 0 Å². The van der Waals surface area contributed by atoms with Gasteiger partial charge in [-0.15, -0.1) is 0 Å². The number of aliphatic hydroxyl groups excluding tert-OH is 1. The lowest BCUT2D eigenvalue weighted by Crippen LogP contribution is -1.91. The zero-order chi connectivity index (χ0) is 10.7. The second-order valence-corrected chi connectivity index (χ2v) is 3.13. The van der Waals surface area contributed by atoms with Crippen molar-refractivity contribution in [2.24, 2.45) is 0 Å². The van der Waals surface area contributed by atoms with Crippen LogP contribution >= 0.6 is 0 Å². The number of nitrogens with zero attached hydrogens (tertiary/aromatic N) is 2. The lowest BCUT2D eigenvalue weighted by atomic mass is 10.3. The minimum Gasteiger partial charge on any atom is -0.497 e. The number of aromatic nitrogens is 2. The van der Waals surface area contributed by atoms with E-state index in [1.54, 1.807) is 19.6 Å². The molecule has 0 saturated heterocycles. The standard InChI is InChI=1S/C11H12N2O2/c1-15-11-4-2-3-10(5-11)13-6-9(7-14)12-8-13/h2-6,8,14H,7H2,1H3. The molecule has 0 aliphatic carbocycles. The molecular formula is C11H12N2O2. The summed E-state index contributed by atoms with van der Waals surface area (Å²) in [6.45, 7) is -0.0447. The van der Waals surface area contributed by atoms with E-state index in [0.29, 0.717) is 5.69 Å². The summed E-state index contributed by atoms with van der Waals surface area (Å²) in [5, 5.41) is 8.90. The van der Waals surface area contributed by atoms with Crippen molar-refractivity contribution in [1.82, 2.24) is 9.55 Å². The third kappa shape index (κ3) is 1.99. The van der Waals surface area contributed by atoms with E-state index in [2.05, 4.69) is 4.98 Å². The van der Waals surface area contributed by atoms with Gasteiger partial charge in [-0.3, -0.25) is 0 Å². The van der Waals surface area contributed by atoms with Crippen LogP contribution in [0.2, 0.25) is 0 Å². The quantitative estimate of drug-likeness (QED) is 0.821. The lowest BCUT2D eigenvalue weighted by Gasteiger charge is -2.04. The fourth-order valence-electron chi connectivity index (χ4n) is 1.36. The summed E-state index contributed by atoms with van der Waals surface area (Å²) in [4.78, 5) is 4.04. The first-order valence-corrected chi connectivity index (χ1v) is 4.61. The van der Waals surface area contributed by atoms with Gasteiger partial charge in [0.1, 0.15) is 5.75 Å². The van der Waals surface area contributed by atoms with Gasteiger partial charge < -0.3 is 14.4 Å². The van der Waals surface area contributed by atoms with Crippen LogP contribution in [-0.4, -0.2) is 21.8 Å². The number of ether oxygens (including phenoxy) is 1. The van der Waals surface area contributed by atoms with Gasteiger partial charge in [0.25, 0.3) is 0 Å². The Labute approximate surface area is 87.8 Å². The number of aliphatic hydroxyl groups is 1. The fourth-order valence-corrected chi connectivity index (χ4v) is 1.36. The normalized spacial score (nSPS) is 10.3. The first kappa shape index (κ1) is 9.73. The summed E-state index contributed by atoms with van der Waals surface area (Å²) in [6, 6.07) is 7.65. The fraction of sp³-hybridized carbons (Fsp3) is 0.182. The Hall–Kier alpha value is -1.81. The molecule has 0 saturated carbocycles.